The molecule has 2 aromatic carbocycles. The lowest BCUT2D eigenvalue weighted by Gasteiger charge is -2.10. The summed E-state index contributed by atoms with van der Waals surface area (Å²) in [6, 6.07) is 12.3. The Morgan fingerprint density at radius 3 is 2.67 bits per heavy atom. The van der Waals surface area contributed by atoms with E-state index in [0.717, 1.165) is 10.6 Å². The van der Waals surface area contributed by atoms with Gasteiger partial charge in [-0.3, -0.25) is 9.59 Å². The van der Waals surface area contributed by atoms with Crippen molar-refractivity contribution in [2.45, 2.75) is 26.9 Å². The second kappa shape index (κ2) is 10.2. The monoisotopic (exact) mass is 443 g/mol. The number of hydrogen-bond donors (Lipinski definition) is 2. The van der Waals surface area contributed by atoms with Crippen LogP contribution in [0.25, 0.3) is 0 Å². The van der Waals surface area contributed by atoms with E-state index in [1.165, 1.54) is 11.3 Å². The first kappa shape index (κ1) is 21.8. The molecule has 0 bridgehead atoms. The minimum absolute atomic E-state index is 0.141. The molecule has 0 spiro atoms. The van der Waals surface area contributed by atoms with Crippen LogP contribution in [0.5, 0.6) is 5.75 Å². The van der Waals surface area contributed by atoms with Crippen molar-refractivity contribution >= 4 is 40.4 Å². The molecule has 0 aliphatic carbocycles. The van der Waals surface area contributed by atoms with Crippen LogP contribution in [0.4, 0.5) is 5.69 Å². The van der Waals surface area contributed by atoms with Crippen LogP contribution in [0.3, 0.4) is 0 Å². The van der Waals surface area contributed by atoms with Crippen LogP contribution >= 0.6 is 22.9 Å². The number of benzene rings is 2. The van der Waals surface area contributed by atoms with Gasteiger partial charge in [-0.2, -0.15) is 0 Å². The van der Waals surface area contributed by atoms with Crippen LogP contribution in [0.2, 0.25) is 5.02 Å². The third-order valence-corrected chi connectivity index (χ3v) is 5.35. The number of carbonyl (C=O) groups is 2. The molecule has 8 heteroatoms. The molecule has 3 aromatic rings. The molecule has 2 amide bonds. The second-order valence-electron chi connectivity index (χ2n) is 6.59. The van der Waals surface area contributed by atoms with E-state index in [1.54, 1.807) is 36.4 Å². The third-order valence-electron chi connectivity index (χ3n) is 4.23. The quantitative estimate of drug-likeness (QED) is 0.532. The van der Waals surface area contributed by atoms with Crippen LogP contribution in [0, 0.1) is 6.92 Å². The zero-order valence-electron chi connectivity index (χ0n) is 16.7. The van der Waals surface area contributed by atoms with Crippen molar-refractivity contribution in [3.05, 3.63) is 74.7 Å². The lowest BCUT2D eigenvalue weighted by molar-refractivity contribution is -0.115. The minimum atomic E-state index is -0.193. The summed E-state index contributed by atoms with van der Waals surface area (Å²) in [5, 5.41) is 8.90. The standard InChI is InChI=1S/C22H22ClN3O3S/c1-3-24-22(28)15-5-4-14(2)19(10-15)26-20(27)11-17-13-30-21(25-17)12-29-18-8-6-16(23)7-9-18/h4-10,13H,3,11-12H2,1-2H3,(H,24,28)(H,26,27). The largest absolute Gasteiger partial charge is 0.486 e. The lowest BCUT2D eigenvalue weighted by atomic mass is 10.1. The molecule has 156 valence electrons. The molecule has 2 N–H and O–H groups in total. The van der Waals surface area contributed by atoms with Crippen molar-refractivity contribution in [3.63, 3.8) is 0 Å². The molecule has 0 radical (unpaired) electrons. The van der Waals surface area contributed by atoms with E-state index in [-0.39, 0.29) is 18.2 Å². The van der Waals surface area contributed by atoms with Crippen LogP contribution in [0.1, 0.15) is 33.5 Å². The Labute approximate surface area is 184 Å². The normalized spacial score (nSPS) is 10.5. The Hall–Kier alpha value is -2.90. The third kappa shape index (κ3) is 6.05. The first-order valence-electron chi connectivity index (χ1n) is 9.45. The summed E-state index contributed by atoms with van der Waals surface area (Å²) in [6.45, 7) is 4.60. The number of nitrogens with zero attached hydrogens (tertiary/aromatic N) is 1. The van der Waals surface area contributed by atoms with Gasteiger partial charge in [-0.05, 0) is 55.8 Å². The predicted octanol–water partition coefficient (Wildman–Crippen LogP) is 4.61. The van der Waals surface area contributed by atoms with Crippen molar-refractivity contribution in [2.75, 3.05) is 11.9 Å². The highest BCUT2D eigenvalue weighted by atomic mass is 35.5. The summed E-state index contributed by atoms with van der Waals surface area (Å²) < 4.78 is 5.68. The first-order valence-corrected chi connectivity index (χ1v) is 10.7. The Morgan fingerprint density at radius 2 is 1.93 bits per heavy atom. The topological polar surface area (TPSA) is 80.3 Å². The molecule has 0 aliphatic heterocycles. The van der Waals surface area contributed by atoms with Gasteiger partial charge in [0.15, 0.2) is 0 Å². The molecule has 0 atom stereocenters. The van der Waals surface area contributed by atoms with Gasteiger partial charge in [-0.1, -0.05) is 17.7 Å². The Balaban J connectivity index is 1.57. The zero-order chi connectivity index (χ0) is 21.5. The van der Waals surface area contributed by atoms with E-state index >= 15 is 0 Å². The van der Waals surface area contributed by atoms with Gasteiger partial charge in [-0.25, -0.2) is 4.98 Å². The molecule has 1 aromatic heterocycles. The predicted molar refractivity (Wildman–Crippen MR) is 119 cm³/mol. The smallest absolute Gasteiger partial charge is 0.251 e. The van der Waals surface area contributed by atoms with Crippen molar-refractivity contribution < 1.29 is 14.3 Å². The van der Waals surface area contributed by atoms with Crippen molar-refractivity contribution in [1.82, 2.24) is 10.3 Å². The van der Waals surface area contributed by atoms with Crippen LogP contribution < -0.4 is 15.4 Å². The molecule has 30 heavy (non-hydrogen) atoms. The Kier molecular flexibility index (Phi) is 7.43. The van der Waals surface area contributed by atoms with Gasteiger partial charge in [-0.15, -0.1) is 11.3 Å². The number of thiazole rings is 1. The van der Waals surface area contributed by atoms with E-state index in [4.69, 9.17) is 16.3 Å². The molecular formula is C22H22ClN3O3S. The summed E-state index contributed by atoms with van der Waals surface area (Å²) >= 11 is 7.30. The summed E-state index contributed by atoms with van der Waals surface area (Å²) in [5.74, 6) is 0.343. The second-order valence-corrected chi connectivity index (χ2v) is 7.97. The van der Waals surface area contributed by atoms with Crippen LogP contribution in [0.15, 0.2) is 47.8 Å². The van der Waals surface area contributed by atoms with Gasteiger partial charge in [0.05, 0.1) is 12.1 Å². The number of nitrogens with one attached hydrogen (secondary N) is 2. The SMILES string of the molecule is CCNC(=O)c1ccc(C)c(NC(=O)Cc2csc(COc3ccc(Cl)cc3)n2)c1. The molecule has 6 nitrogen and oxygen atoms in total. The number of anilines is 1. The van der Waals surface area contributed by atoms with Gasteiger partial charge in [0, 0.05) is 28.2 Å². The van der Waals surface area contributed by atoms with E-state index in [9.17, 15) is 9.59 Å². The Bertz CT molecular complexity index is 1030. The summed E-state index contributed by atoms with van der Waals surface area (Å²) in [6.07, 6.45) is 0.141. The van der Waals surface area contributed by atoms with Crippen molar-refractivity contribution in [1.29, 1.82) is 0 Å². The number of aromatic nitrogens is 1. The summed E-state index contributed by atoms with van der Waals surface area (Å²) in [5.41, 5.74) is 2.68. The van der Waals surface area contributed by atoms with E-state index in [0.29, 0.717) is 40.9 Å². The van der Waals surface area contributed by atoms with Crippen molar-refractivity contribution in [2.24, 2.45) is 0 Å². The minimum Gasteiger partial charge on any atom is -0.486 e. The molecule has 0 aliphatic rings. The maximum absolute atomic E-state index is 12.5. The maximum Gasteiger partial charge on any atom is 0.251 e. The van der Waals surface area contributed by atoms with E-state index in [1.807, 2.05) is 25.3 Å². The first-order chi connectivity index (χ1) is 14.4. The lowest BCUT2D eigenvalue weighted by Crippen LogP contribution is -2.23. The highest BCUT2D eigenvalue weighted by Gasteiger charge is 2.12. The number of carbonyl (C=O) groups excluding carboxylic acids is 2. The van der Waals surface area contributed by atoms with E-state index in [2.05, 4.69) is 15.6 Å². The number of rotatable bonds is 8. The highest BCUT2D eigenvalue weighted by molar-refractivity contribution is 7.09. The number of ether oxygens (including phenoxy) is 1. The van der Waals surface area contributed by atoms with Gasteiger partial charge >= 0.3 is 0 Å². The fraction of sp³-hybridized carbons (Fsp3) is 0.227. The summed E-state index contributed by atoms with van der Waals surface area (Å²) in [4.78, 5) is 28.9. The zero-order valence-corrected chi connectivity index (χ0v) is 18.3. The van der Waals surface area contributed by atoms with Gasteiger partial charge in [0.1, 0.15) is 17.4 Å². The number of amides is 2. The van der Waals surface area contributed by atoms with E-state index < -0.39 is 0 Å². The van der Waals surface area contributed by atoms with Gasteiger partial charge in [0.2, 0.25) is 5.91 Å². The number of halogens is 1. The number of aryl methyl sites for hydroxylation is 1. The fourth-order valence-corrected chi connectivity index (χ4v) is 3.52. The Morgan fingerprint density at radius 1 is 1.17 bits per heavy atom. The molecule has 3 rings (SSSR count). The maximum atomic E-state index is 12.5. The van der Waals surface area contributed by atoms with Crippen LogP contribution in [-0.4, -0.2) is 23.3 Å². The molecule has 1 heterocycles. The van der Waals surface area contributed by atoms with Gasteiger partial charge < -0.3 is 15.4 Å². The molecule has 0 saturated carbocycles. The van der Waals surface area contributed by atoms with Crippen molar-refractivity contribution in [3.8, 4) is 5.75 Å². The highest BCUT2D eigenvalue weighted by Crippen LogP contribution is 2.20. The van der Waals surface area contributed by atoms with Crippen LogP contribution in [-0.2, 0) is 17.8 Å². The average molecular weight is 444 g/mol. The molecule has 0 fully saturated rings. The fourth-order valence-electron chi connectivity index (χ4n) is 2.69. The molecule has 0 unspecified atom stereocenters. The molecular weight excluding hydrogens is 422 g/mol. The number of hydrogen-bond acceptors (Lipinski definition) is 5. The van der Waals surface area contributed by atoms with Gasteiger partial charge in [0.25, 0.3) is 5.91 Å². The molecule has 0 saturated heterocycles. The average Bonchev–Trinajstić information content (AvgIpc) is 3.16. The summed E-state index contributed by atoms with van der Waals surface area (Å²) in [7, 11) is 0.